The zero-order valence-electron chi connectivity index (χ0n) is 12.3. The van der Waals surface area contributed by atoms with Crippen molar-refractivity contribution in [3.05, 3.63) is 29.8 Å². The molecule has 5 nitrogen and oxygen atoms in total. The van der Waals surface area contributed by atoms with E-state index in [2.05, 4.69) is 10.6 Å². The molecule has 0 aromatic heterocycles. The first-order chi connectivity index (χ1) is 9.35. The number of rotatable bonds is 5. The highest BCUT2D eigenvalue weighted by Crippen LogP contribution is 2.30. The Hall–Kier alpha value is -1.59. The molecule has 1 aliphatic rings. The van der Waals surface area contributed by atoms with Gasteiger partial charge in [0.25, 0.3) is 5.91 Å². The monoisotopic (exact) mass is 311 g/mol. The van der Waals surface area contributed by atoms with E-state index < -0.39 is 5.54 Å². The molecule has 4 N–H and O–H groups in total. The third kappa shape index (κ3) is 5.73. The van der Waals surface area contributed by atoms with Gasteiger partial charge in [-0.3, -0.25) is 9.59 Å². The molecule has 1 aliphatic carbocycles. The molecule has 1 saturated carbocycles. The minimum Gasteiger partial charge on any atom is -0.350 e. The third-order valence-electron chi connectivity index (χ3n) is 3.07. The van der Waals surface area contributed by atoms with Gasteiger partial charge in [0.05, 0.1) is 0 Å². The lowest BCUT2D eigenvalue weighted by Gasteiger charge is -2.18. The number of benzene rings is 1. The molecule has 21 heavy (non-hydrogen) atoms. The van der Waals surface area contributed by atoms with Crippen LogP contribution in [0.5, 0.6) is 0 Å². The summed E-state index contributed by atoms with van der Waals surface area (Å²) in [7, 11) is 0. The number of anilines is 1. The van der Waals surface area contributed by atoms with Crippen molar-refractivity contribution in [3.8, 4) is 0 Å². The molecule has 0 radical (unpaired) electrons. The van der Waals surface area contributed by atoms with Crippen molar-refractivity contribution in [1.82, 2.24) is 5.32 Å². The lowest BCUT2D eigenvalue weighted by atomic mass is 10.1. The molecule has 0 unspecified atom stereocenters. The number of halogens is 1. The highest BCUT2D eigenvalue weighted by molar-refractivity contribution is 5.96. The molecule has 1 fully saturated rings. The quantitative estimate of drug-likeness (QED) is 0.777. The summed E-state index contributed by atoms with van der Waals surface area (Å²) in [6, 6.07) is 6.87. The van der Waals surface area contributed by atoms with Gasteiger partial charge in [0, 0.05) is 29.3 Å². The number of hydrogen-bond donors (Lipinski definition) is 3. The maximum absolute atomic E-state index is 11.9. The summed E-state index contributed by atoms with van der Waals surface area (Å²) in [4.78, 5) is 23.5. The Labute approximate surface area is 131 Å². The number of carbonyl (C=O) groups is 2. The average Bonchev–Trinajstić information content (AvgIpc) is 3.20. The zero-order chi connectivity index (χ0) is 14.8. The Morgan fingerprint density at radius 2 is 1.81 bits per heavy atom. The molecular weight excluding hydrogens is 290 g/mol. The Bertz CT molecular complexity index is 505. The summed E-state index contributed by atoms with van der Waals surface area (Å²) >= 11 is 0. The Morgan fingerprint density at radius 1 is 1.24 bits per heavy atom. The van der Waals surface area contributed by atoms with Crippen LogP contribution in [0.1, 0.15) is 37.0 Å². The van der Waals surface area contributed by atoms with Crippen LogP contribution in [0.4, 0.5) is 5.69 Å². The number of nitrogens with one attached hydrogen (secondary N) is 2. The van der Waals surface area contributed by atoms with E-state index in [-0.39, 0.29) is 30.1 Å². The molecule has 2 rings (SSSR count). The molecule has 0 heterocycles. The van der Waals surface area contributed by atoms with E-state index in [1.807, 2.05) is 13.8 Å². The second kappa shape index (κ2) is 6.91. The van der Waals surface area contributed by atoms with E-state index in [0.29, 0.717) is 12.1 Å². The van der Waals surface area contributed by atoms with E-state index >= 15 is 0 Å². The van der Waals surface area contributed by atoms with Gasteiger partial charge >= 0.3 is 0 Å². The largest absolute Gasteiger partial charge is 0.350 e. The predicted octanol–water partition coefficient (Wildman–Crippen LogP) is 1.92. The van der Waals surface area contributed by atoms with Gasteiger partial charge in [-0.15, -0.1) is 12.4 Å². The molecule has 6 heteroatoms. The first-order valence-electron chi connectivity index (χ1n) is 6.83. The van der Waals surface area contributed by atoms with Crippen LogP contribution in [0.3, 0.4) is 0 Å². The van der Waals surface area contributed by atoms with Crippen molar-refractivity contribution in [2.75, 3.05) is 11.9 Å². The van der Waals surface area contributed by atoms with Crippen molar-refractivity contribution in [1.29, 1.82) is 0 Å². The summed E-state index contributed by atoms with van der Waals surface area (Å²) in [6.07, 6.45) is 1.95. The molecular formula is C15H22ClN3O2. The molecule has 116 valence electrons. The SMILES string of the molecule is CC(C)(N)CNC(=O)c1ccc(NC(=O)C2CC2)cc1.Cl. The van der Waals surface area contributed by atoms with Crippen molar-refractivity contribution in [3.63, 3.8) is 0 Å². The standard InChI is InChI=1S/C15H21N3O2.ClH/c1-15(2,16)9-17-13(19)10-5-7-12(8-6-10)18-14(20)11-3-4-11;/h5-8,11H,3-4,9,16H2,1-2H3,(H,17,19)(H,18,20);1H. The first kappa shape index (κ1) is 17.5. The maximum atomic E-state index is 11.9. The molecule has 1 aromatic rings. The summed E-state index contributed by atoms with van der Waals surface area (Å²) in [5, 5.41) is 5.61. The van der Waals surface area contributed by atoms with Crippen LogP contribution in [-0.2, 0) is 4.79 Å². The predicted molar refractivity (Wildman–Crippen MR) is 85.6 cm³/mol. The normalized spacial score (nSPS) is 14.0. The molecule has 0 atom stereocenters. The van der Waals surface area contributed by atoms with Gasteiger partial charge in [0.2, 0.25) is 5.91 Å². The van der Waals surface area contributed by atoms with E-state index in [9.17, 15) is 9.59 Å². The fourth-order valence-electron chi connectivity index (χ4n) is 1.70. The van der Waals surface area contributed by atoms with Crippen molar-refractivity contribution < 1.29 is 9.59 Å². The van der Waals surface area contributed by atoms with Gasteiger partial charge in [-0.1, -0.05) is 0 Å². The minimum atomic E-state index is -0.437. The fraction of sp³-hybridized carbons (Fsp3) is 0.467. The summed E-state index contributed by atoms with van der Waals surface area (Å²) in [5.41, 5.74) is 6.65. The van der Waals surface area contributed by atoms with E-state index in [1.54, 1.807) is 24.3 Å². The maximum Gasteiger partial charge on any atom is 0.251 e. The molecule has 0 saturated heterocycles. The number of hydrogen-bond acceptors (Lipinski definition) is 3. The zero-order valence-corrected chi connectivity index (χ0v) is 13.1. The van der Waals surface area contributed by atoms with Crippen LogP contribution < -0.4 is 16.4 Å². The molecule has 0 aliphatic heterocycles. The number of amides is 2. The molecule has 0 bridgehead atoms. The lowest BCUT2D eigenvalue weighted by Crippen LogP contribution is -2.45. The van der Waals surface area contributed by atoms with Gasteiger partial charge in [-0.25, -0.2) is 0 Å². The average molecular weight is 312 g/mol. The van der Waals surface area contributed by atoms with Crippen LogP contribution in [0, 0.1) is 5.92 Å². The lowest BCUT2D eigenvalue weighted by molar-refractivity contribution is -0.117. The van der Waals surface area contributed by atoms with Gasteiger partial charge in [-0.05, 0) is 51.0 Å². The van der Waals surface area contributed by atoms with E-state index in [4.69, 9.17) is 5.73 Å². The summed E-state index contributed by atoms with van der Waals surface area (Å²) < 4.78 is 0. The highest BCUT2D eigenvalue weighted by Gasteiger charge is 2.29. The first-order valence-corrected chi connectivity index (χ1v) is 6.83. The van der Waals surface area contributed by atoms with Crippen molar-refractivity contribution >= 4 is 29.9 Å². The molecule has 1 aromatic carbocycles. The smallest absolute Gasteiger partial charge is 0.251 e. The summed E-state index contributed by atoms with van der Waals surface area (Å²) in [6.45, 7) is 4.11. The van der Waals surface area contributed by atoms with Gasteiger partial charge < -0.3 is 16.4 Å². The van der Waals surface area contributed by atoms with Crippen LogP contribution in [0.15, 0.2) is 24.3 Å². The second-order valence-corrected chi connectivity index (χ2v) is 6.01. The summed E-state index contributed by atoms with van der Waals surface area (Å²) in [5.74, 6) is 0.0699. The van der Waals surface area contributed by atoms with E-state index in [0.717, 1.165) is 18.5 Å². The fourth-order valence-corrected chi connectivity index (χ4v) is 1.70. The van der Waals surface area contributed by atoms with Crippen LogP contribution >= 0.6 is 12.4 Å². The van der Waals surface area contributed by atoms with Crippen molar-refractivity contribution in [2.45, 2.75) is 32.2 Å². The number of carbonyl (C=O) groups excluding carboxylic acids is 2. The van der Waals surface area contributed by atoms with Gasteiger partial charge in [0.1, 0.15) is 0 Å². The van der Waals surface area contributed by atoms with E-state index in [1.165, 1.54) is 0 Å². The minimum absolute atomic E-state index is 0. The Kier molecular flexibility index (Phi) is 5.75. The Morgan fingerprint density at radius 3 is 2.29 bits per heavy atom. The number of nitrogens with two attached hydrogens (primary N) is 1. The molecule has 2 amide bonds. The van der Waals surface area contributed by atoms with Crippen LogP contribution in [0.2, 0.25) is 0 Å². The van der Waals surface area contributed by atoms with Crippen LogP contribution in [-0.4, -0.2) is 23.9 Å². The third-order valence-corrected chi connectivity index (χ3v) is 3.07. The second-order valence-electron chi connectivity index (χ2n) is 6.01. The highest BCUT2D eigenvalue weighted by atomic mass is 35.5. The van der Waals surface area contributed by atoms with Gasteiger partial charge in [-0.2, -0.15) is 0 Å². The van der Waals surface area contributed by atoms with Crippen molar-refractivity contribution in [2.24, 2.45) is 11.7 Å². The van der Waals surface area contributed by atoms with Gasteiger partial charge in [0.15, 0.2) is 0 Å². The topological polar surface area (TPSA) is 84.2 Å². The molecule has 0 spiro atoms. The van der Waals surface area contributed by atoms with Crippen LogP contribution in [0.25, 0.3) is 0 Å². The Balaban J connectivity index is 0.00000220.